The second-order valence-electron chi connectivity index (χ2n) is 9.52. The molecule has 2 saturated heterocycles. The molecule has 0 atom stereocenters. The number of imide groups is 1. The summed E-state index contributed by atoms with van der Waals surface area (Å²) in [5, 5.41) is 3.23. The molecule has 3 aromatic rings. The number of halogens is 3. The molecule has 2 aliphatic heterocycles. The van der Waals surface area contributed by atoms with E-state index >= 15 is 0 Å². The molecule has 0 spiro atoms. The summed E-state index contributed by atoms with van der Waals surface area (Å²) in [6, 6.07) is 16.0. The molecule has 224 valence electrons. The van der Waals surface area contributed by atoms with Crippen LogP contribution in [0.2, 0.25) is 10.0 Å². The van der Waals surface area contributed by atoms with Crippen LogP contribution in [0.25, 0.3) is 6.08 Å². The van der Waals surface area contributed by atoms with E-state index in [1.165, 1.54) is 7.11 Å². The lowest BCUT2D eigenvalue weighted by Gasteiger charge is -2.28. The zero-order chi connectivity index (χ0) is 30.5. The van der Waals surface area contributed by atoms with Crippen molar-refractivity contribution in [3.63, 3.8) is 0 Å². The number of hydrogen-bond donors (Lipinski definition) is 1. The first-order valence-corrected chi connectivity index (χ1v) is 15.5. The molecule has 2 fully saturated rings. The lowest BCUT2D eigenvalue weighted by Crippen LogP contribution is -2.36. The summed E-state index contributed by atoms with van der Waals surface area (Å²) in [5.74, 6) is -0.188. The van der Waals surface area contributed by atoms with Crippen molar-refractivity contribution in [2.24, 2.45) is 0 Å². The van der Waals surface area contributed by atoms with E-state index in [9.17, 15) is 14.4 Å². The van der Waals surface area contributed by atoms with Crippen LogP contribution < -0.4 is 19.7 Å². The Bertz CT molecular complexity index is 1580. The summed E-state index contributed by atoms with van der Waals surface area (Å²) in [7, 11) is 1.50. The van der Waals surface area contributed by atoms with E-state index in [1.54, 1.807) is 48.5 Å². The van der Waals surface area contributed by atoms with Crippen molar-refractivity contribution < 1.29 is 28.6 Å². The van der Waals surface area contributed by atoms with Crippen molar-refractivity contribution in [2.75, 3.05) is 50.2 Å². The maximum Gasteiger partial charge on any atom is 0.294 e. The molecule has 5 rings (SSSR count). The Kier molecular flexibility index (Phi) is 10.2. The van der Waals surface area contributed by atoms with Crippen molar-refractivity contribution in [3.8, 4) is 11.5 Å². The van der Waals surface area contributed by atoms with Crippen molar-refractivity contribution in [1.82, 2.24) is 4.90 Å². The van der Waals surface area contributed by atoms with Crippen LogP contribution >= 0.6 is 50.9 Å². The topological polar surface area (TPSA) is 97.4 Å². The third-order valence-electron chi connectivity index (χ3n) is 6.64. The molecule has 1 N–H and O–H groups in total. The average molecular weight is 707 g/mol. The van der Waals surface area contributed by atoms with Gasteiger partial charge in [0.05, 0.1) is 29.7 Å². The molecule has 2 aliphatic rings. The molecule has 0 radical (unpaired) electrons. The summed E-state index contributed by atoms with van der Waals surface area (Å²) in [4.78, 5) is 41.8. The predicted octanol–water partition coefficient (Wildman–Crippen LogP) is 6.86. The van der Waals surface area contributed by atoms with Gasteiger partial charge < -0.3 is 24.4 Å². The van der Waals surface area contributed by atoms with Crippen molar-refractivity contribution in [3.05, 3.63) is 85.1 Å². The Balaban J connectivity index is 1.22. The largest absolute Gasteiger partial charge is 0.493 e. The monoisotopic (exact) mass is 705 g/mol. The number of thioether (sulfide) groups is 1. The molecule has 43 heavy (non-hydrogen) atoms. The van der Waals surface area contributed by atoms with Gasteiger partial charge in [-0.05, 0) is 87.9 Å². The minimum absolute atomic E-state index is 0.170. The van der Waals surface area contributed by atoms with Crippen molar-refractivity contribution >= 4 is 85.4 Å². The van der Waals surface area contributed by atoms with E-state index in [0.717, 1.165) is 41.0 Å². The van der Waals surface area contributed by atoms with E-state index < -0.39 is 23.6 Å². The Morgan fingerprint density at radius 2 is 1.84 bits per heavy atom. The van der Waals surface area contributed by atoms with Gasteiger partial charge in [-0.2, -0.15) is 0 Å². The first-order chi connectivity index (χ1) is 20.7. The van der Waals surface area contributed by atoms with Crippen LogP contribution in [0, 0.1) is 0 Å². The molecular formula is C30H26BrCl2N3O6S. The smallest absolute Gasteiger partial charge is 0.294 e. The predicted molar refractivity (Wildman–Crippen MR) is 172 cm³/mol. The van der Waals surface area contributed by atoms with Crippen molar-refractivity contribution in [1.29, 1.82) is 0 Å². The van der Waals surface area contributed by atoms with Gasteiger partial charge in [0.25, 0.3) is 11.1 Å². The van der Waals surface area contributed by atoms with Gasteiger partial charge in [-0.1, -0.05) is 29.3 Å². The van der Waals surface area contributed by atoms with Crippen LogP contribution in [0.3, 0.4) is 0 Å². The van der Waals surface area contributed by atoms with E-state index in [4.69, 9.17) is 37.4 Å². The SMILES string of the molecule is COc1cc(/C=C2/SC(=O)N(CC(=O)Nc3ccc(N4CCOCC4)cc3)C2=O)cc(Br)c1OCc1ccc(Cl)cc1Cl. The Hall–Kier alpha value is -3.22. The average Bonchev–Trinajstić information content (AvgIpc) is 3.25. The summed E-state index contributed by atoms with van der Waals surface area (Å²) >= 11 is 16.5. The number of carbonyl (C=O) groups excluding carboxylic acids is 3. The van der Waals surface area contributed by atoms with Gasteiger partial charge >= 0.3 is 0 Å². The fourth-order valence-corrected chi connectivity index (χ4v) is 6.34. The first kappa shape index (κ1) is 31.2. The molecule has 3 aromatic carbocycles. The number of benzene rings is 3. The molecule has 3 amide bonds. The van der Waals surface area contributed by atoms with Gasteiger partial charge in [-0.15, -0.1) is 0 Å². The molecule has 0 aliphatic carbocycles. The fraction of sp³-hybridized carbons (Fsp3) is 0.233. The van der Waals surface area contributed by atoms with Crippen LogP contribution in [0.15, 0.2) is 64.0 Å². The molecule has 0 aromatic heterocycles. The number of morpholine rings is 1. The lowest BCUT2D eigenvalue weighted by molar-refractivity contribution is -0.127. The van der Waals surface area contributed by atoms with E-state index in [1.807, 2.05) is 12.1 Å². The van der Waals surface area contributed by atoms with Crippen LogP contribution in [0.1, 0.15) is 11.1 Å². The maximum absolute atomic E-state index is 13.1. The normalized spacial score (nSPS) is 16.1. The standard InChI is InChI=1S/C30H26BrCl2N3O6S/c1-40-25-13-18(12-23(31)28(25)42-17-19-2-3-20(32)15-24(19)33)14-26-29(38)36(30(39)43-26)16-27(37)34-21-4-6-22(7-5-21)35-8-10-41-11-9-35/h2-7,12-15H,8-11,16-17H2,1H3,(H,34,37)/b26-14+. The molecule has 0 bridgehead atoms. The van der Waals surface area contributed by atoms with Gasteiger partial charge in [0.15, 0.2) is 11.5 Å². The number of nitrogens with zero attached hydrogens (tertiary/aromatic N) is 2. The van der Waals surface area contributed by atoms with E-state index in [-0.39, 0.29) is 11.5 Å². The number of hydrogen-bond acceptors (Lipinski definition) is 8. The third-order valence-corrected chi connectivity index (χ3v) is 8.72. The fourth-order valence-electron chi connectivity index (χ4n) is 4.46. The number of carbonyl (C=O) groups is 3. The summed E-state index contributed by atoms with van der Waals surface area (Å²) in [6.45, 7) is 2.73. The van der Waals surface area contributed by atoms with Gasteiger partial charge in [-0.25, -0.2) is 0 Å². The highest BCUT2D eigenvalue weighted by Crippen LogP contribution is 2.40. The van der Waals surface area contributed by atoms with Gasteiger partial charge in [0.1, 0.15) is 13.2 Å². The highest BCUT2D eigenvalue weighted by molar-refractivity contribution is 9.10. The minimum atomic E-state index is -0.555. The lowest BCUT2D eigenvalue weighted by atomic mass is 10.1. The highest BCUT2D eigenvalue weighted by atomic mass is 79.9. The molecular weight excluding hydrogens is 681 g/mol. The number of anilines is 2. The van der Waals surface area contributed by atoms with E-state index in [2.05, 4.69) is 26.1 Å². The second kappa shape index (κ2) is 14.0. The molecule has 9 nitrogen and oxygen atoms in total. The minimum Gasteiger partial charge on any atom is -0.493 e. The van der Waals surface area contributed by atoms with Crippen molar-refractivity contribution in [2.45, 2.75) is 6.61 Å². The first-order valence-electron chi connectivity index (χ1n) is 13.1. The number of nitrogens with one attached hydrogen (secondary N) is 1. The third kappa shape index (κ3) is 7.66. The molecule has 0 unspecified atom stereocenters. The second-order valence-corrected chi connectivity index (χ2v) is 12.2. The number of methoxy groups -OCH3 is 1. The van der Waals surface area contributed by atoms with Crippen LogP contribution in [0.5, 0.6) is 11.5 Å². The number of amides is 3. The summed E-state index contributed by atoms with van der Waals surface area (Å²) in [6.07, 6.45) is 1.57. The molecule has 0 saturated carbocycles. The van der Waals surface area contributed by atoms with Gasteiger partial charge in [0.2, 0.25) is 5.91 Å². The Morgan fingerprint density at radius 1 is 1.09 bits per heavy atom. The summed E-state index contributed by atoms with van der Waals surface area (Å²) < 4.78 is 17.4. The van der Waals surface area contributed by atoms with Crippen LogP contribution in [-0.2, 0) is 20.9 Å². The quantitative estimate of drug-likeness (QED) is 0.241. The zero-order valence-electron chi connectivity index (χ0n) is 22.9. The number of rotatable bonds is 9. The van der Waals surface area contributed by atoms with Gasteiger partial charge in [0, 0.05) is 40.1 Å². The molecule has 2 heterocycles. The zero-order valence-corrected chi connectivity index (χ0v) is 26.8. The summed E-state index contributed by atoms with van der Waals surface area (Å²) in [5.41, 5.74) is 2.94. The maximum atomic E-state index is 13.1. The van der Waals surface area contributed by atoms with Gasteiger partial charge in [-0.3, -0.25) is 19.3 Å². The Morgan fingerprint density at radius 3 is 2.53 bits per heavy atom. The molecule has 13 heteroatoms. The van der Waals surface area contributed by atoms with E-state index in [0.29, 0.717) is 50.5 Å². The van der Waals surface area contributed by atoms with Crippen LogP contribution in [-0.4, -0.2) is 61.9 Å². The number of ether oxygens (including phenoxy) is 3. The highest BCUT2D eigenvalue weighted by Gasteiger charge is 2.36. The Labute approximate surface area is 271 Å². The van der Waals surface area contributed by atoms with Crippen LogP contribution in [0.4, 0.5) is 16.2 Å².